The summed E-state index contributed by atoms with van der Waals surface area (Å²) in [5.74, 6) is 0. The van der Waals surface area contributed by atoms with Crippen molar-refractivity contribution in [3.05, 3.63) is 36.5 Å². The van der Waals surface area contributed by atoms with Crippen LogP contribution in [0.25, 0.3) is 0 Å². The fourth-order valence-corrected chi connectivity index (χ4v) is 0.670. The van der Waals surface area contributed by atoms with E-state index >= 15 is 0 Å². The minimum absolute atomic E-state index is 0. The molecule has 1 aliphatic rings. The number of allylic oxidation sites excluding steroid dienone is 6. The van der Waals surface area contributed by atoms with Crippen LogP contribution in [0.2, 0.25) is 0 Å². The second-order valence-corrected chi connectivity index (χ2v) is 1.82. The van der Waals surface area contributed by atoms with Gasteiger partial charge in [0.15, 0.2) is 0 Å². The first-order valence-electron chi connectivity index (χ1n) is 2.98. The van der Waals surface area contributed by atoms with Crippen LogP contribution in [0.4, 0.5) is 0 Å². The largest absolute Gasteiger partial charge is 0.412 e. The zero-order valence-electron chi connectivity index (χ0n) is 5.38. The van der Waals surface area contributed by atoms with E-state index in [1.807, 2.05) is 0 Å². The Kier molecular flexibility index (Phi) is 4.83. The molecule has 0 unspecified atom stereocenters. The minimum atomic E-state index is 0. The van der Waals surface area contributed by atoms with Crippen molar-refractivity contribution in [2.24, 2.45) is 0 Å². The van der Waals surface area contributed by atoms with Crippen molar-refractivity contribution in [1.82, 2.24) is 0 Å². The van der Waals surface area contributed by atoms with E-state index < -0.39 is 0 Å². The Morgan fingerprint density at radius 3 is 1.56 bits per heavy atom. The van der Waals surface area contributed by atoms with Gasteiger partial charge in [-0.15, -0.1) is 0 Å². The van der Waals surface area contributed by atoms with Crippen molar-refractivity contribution in [3.63, 3.8) is 0 Å². The molecule has 9 heavy (non-hydrogen) atoms. The highest BCUT2D eigenvalue weighted by atomic mass is 16.0. The summed E-state index contributed by atoms with van der Waals surface area (Å²) in [4.78, 5) is 0. The highest BCUT2D eigenvalue weighted by Gasteiger charge is 1.75. The molecular weight excluding hydrogens is 112 g/mol. The Hall–Kier alpha value is -0.820. The predicted octanol–water partition coefficient (Wildman–Crippen LogP) is 1.62. The molecule has 0 aliphatic heterocycles. The highest BCUT2D eigenvalue weighted by molar-refractivity contribution is 5.13. The third-order valence-electron chi connectivity index (χ3n) is 1.11. The molecule has 0 aromatic carbocycles. The molecule has 0 saturated heterocycles. The third kappa shape index (κ3) is 3.74. The van der Waals surface area contributed by atoms with Gasteiger partial charge < -0.3 is 5.48 Å². The van der Waals surface area contributed by atoms with Gasteiger partial charge in [0.25, 0.3) is 0 Å². The SMILES string of the molecule is C1=CC=CCCC=C1.O. The second kappa shape index (κ2) is 5.32. The quantitative estimate of drug-likeness (QED) is 0.470. The van der Waals surface area contributed by atoms with Crippen LogP contribution in [0.5, 0.6) is 0 Å². The van der Waals surface area contributed by atoms with E-state index in [-0.39, 0.29) is 5.48 Å². The average molecular weight is 124 g/mol. The van der Waals surface area contributed by atoms with E-state index in [2.05, 4.69) is 36.5 Å². The van der Waals surface area contributed by atoms with Crippen LogP contribution in [0.15, 0.2) is 36.5 Å². The molecule has 0 aromatic heterocycles. The molecule has 0 saturated carbocycles. The van der Waals surface area contributed by atoms with Crippen LogP contribution in [-0.2, 0) is 0 Å². The van der Waals surface area contributed by atoms with Crippen molar-refractivity contribution in [3.8, 4) is 0 Å². The number of rotatable bonds is 0. The standard InChI is InChI=1S/C8H10.H2O/c1-2-4-6-8-7-5-3-1;/h1-6H,7-8H2;1H2. The molecule has 2 N–H and O–H groups in total. The van der Waals surface area contributed by atoms with E-state index in [4.69, 9.17) is 0 Å². The smallest absolute Gasteiger partial charge is 0.0313 e. The lowest BCUT2D eigenvalue weighted by Crippen LogP contribution is -1.65. The van der Waals surface area contributed by atoms with Gasteiger partial charge >= 0.3 is 0 Å². The van der Waals surface area contributed by atoms with Gasteiger partial charge in [0.1, 0.15) is 0 Å². The third-order valence-corrected chi connectivity index (χ3v) is 1.11. The van der Waals surface area contributed by atoms with Gasteiger partial charge in [-0.2, -0.15) is 0 Å². The average Bonchev–Trinajstić information content (AvgIpc) is 1.62. The molecule has 1 aliphatic carbocycles. The van der Waals surface area contributed by atoms with Gasteiger partial charge in [-0.1, -0.05) is 36.5 Å². The molecule has 0 aromatic rings. The monoisotopic (exact) mass is 124 g/mol. The van der Waals surface area contributed by atoms with Crippen molar-refractivity contribution in [2.45, 2.75) is 12.8 Å². The van der Waals surface area contributed by atoms with Crippen LogP contribution >= 0.6 is 0 Å². The second-order valence-electron chi connectivity index (χ2n) is 1.82. The predicted molar refractivity (Wildman–Crippen MR) is 40.3 cm³/mol. The molecule has 1 heteroatoms. The summed E-state index contributed by atoms with van der Waals surface area (Å²) in [6.07, 6.45) is 15.0. The normalized spacial score (nSPS) is 16.0. The first-order chi connectivity index (χ1) is 4.00. The Morgan fingerprint density at radius 1 is 0.667 bits per heavy atom. The summed E-state index contributed by atoms with van der Waals surface area (Å²) in [7, 11) is 0. The maximum absolute atomic E-state index is 2.18. The highest BCUT2D eigenvalue weighted by Crippen LogP contribution is 1.96. The minimum Gasteiger partial charge on any atom is -0.412 e. The van der Waals surface area contributed by atoms with E-state index in [1.165, 1.54) is 12.8 Å². The molecule has 0 fully saturated rings. The maximum Gasteiger partial charge on any atom is -0.0313 e. The van der Waals surface area contributed by atoms with Crippen LogP contribution in [-0.4, -0.2) is 5.48 Å². The Labute approximate surface area is 55.7 Å². The summed E-state index contributed by atoms with van der Waals surface area (Å²) >= 11 is 0. The molecular formula is C8H12O. The Morgan fingerprint density at radius 2 is 1.11 bits per heavy atom. The fourth-order valence-electron chi connectivity index (χ4n) is 0.670. The molecule has 0 radical (unpaired) electrons. The van der Waals surface area contributed by atoms with Crippen molar-refractivity contribution < 1.29 is 5.48 Å². The van der Waals surface area contributed by atoms with Crippen LogP contribution in [0.3, 0.4) is 0 Å². The van der Waals surface area contributed by atoms with Gasteiger partial charge in [-0.25, -0.2) is 0 Å². The summed E-state index contributed by atoms with van der Waals surface area (Å²) in [6, 6.07) is 0. The van der Waals surface area contributed by atoms with Crippen molar-refractivity contribution >= 4 is 0 Å². The van der Waals surface area contributed by atoms with E-state index in [1.54, 1.807) is 0 Å². The van der Waals surface area contributed by atoms with E-state index in [0.29, 0.717) is 0 Å². The summed E-state index contributed by atoms with van der Waals surface area (Å²) < 4.78 is 0. The number of hydrogen-bond acceptors (Lipinski definition) is 0. The van der Waals surface area contributed by atoms with Gasteiger partial charge in [0.2, 0.25) is 0 Å². The van der Waals surface area contributed by atoms with Gasteiger partial charge in [0.05, 0.1) is 0 Å². The zero-order chi connectivity index (χ0) is 5.66. The van der Waals surface area contributed by atoms with Gasteiger partial charge in [-0.3, -0.25) is 0 Å². The van der Waals surface area contributed by atoms with Crippen molar-refractivity contribution in [2.75, 3.05) is 0 Å². The first-order valence-corrected chi connectivity index (χ1v) is 2.98. The summed E-state index contributed by atoms with van der Waals surface area (Å²) in [5, 5.41) is 0. The molecule has 0 amide bonds. The molecule has 1 nitrogen and oxygen atoms in total. The lowest BCUT2D eigenvalue weighted by atomic mass is 10.2. The Balaban J connectivity index is 0.000000640. The molecule has 0 heterocycles. The van der Waals surface area contributed by atoms with Gasteiger partial charge in [-0.05, 0) is 12.8 Å². The van der Waals surface area contributed by atoms with Crippen LogP contribution < -0.4 is 0 Å². The lowest BCUT2D eigenvalue weighted by Gasteiger charge is -1.86. The van der Waals surface area contributed by atoms with Crippen LogP contribution in [0, 0.1) is 0 Å². The lowest BCUT2D eigenvalue weighted by molar-refractivity contribution is 0.824. The van der Waals surface area contributed by atoms with E-state index in [9.17, 15) is 0 Å². The fraction of sp³-hybridized carbons (Fsp3) is 0.250. The Bertz CT molecular complexity index is 116. The first kappa shape index (κ1) is 8.18. The molecule has 50 valence electrons. The molecule has 1 rings (SSSR count). The summed E-state index contributed by atoms with van der Waals surface area (Å²) in [6.45, 7) is 0. The maximum atomic E-state index is 2.18. The summed E-state index contributed by atoms with van der Waals surface area (Å²) in [5.41, 5.74) is 0. The molecule has 0 spiro atoms. The van der Waals surface area contributed by atoms with E-state index in [0.717, 1.165) is 0 Å². The number of hydrogen-bond donors (Lipinski definition) is 0. The van der Waals surface area contributed by atoms with Crippen molar-refractivity contribution in [1.29, 1.82) is 0 Å². The van der Waals surface area contributed by atoms with Gasteiger partial charge in [0, 0.05) is 0 Å². The van der Waals surface area contributed by atoms with Crippen LogP contribution in [0.1, 0.15) is 12.8 Å². The zero-order valence-corrected chi connectivity index (χ0v) is 5.38. The molecule has 0 atom stereocenters. The topological polar surface area (TPSA) is 31.5 Å². The molecule has 0 bridgehead atoms.